The number of rotatable bonds is 3. The van der Waals surface area contributed by atoms with Gasteiger partial charge in [0.2, 0.25) is 0 Å². The summed E-state index contributed by atoms with van der Waals surface area (Å²) in [7, 11) is 0. The van der Waals surface area contributed by atoms with Gasteiger partial charge in [0.1, 0.15) is 0 Å². The van der Waals surface area contributed by atoms with Gasteiger partial charge in [-0.1, -0.05) is 42.0 Å². The fraction of sp³-hybridized carbons (Fsp3) is 0.115. The van der Waals surface area contributed by atoms with Crippen LogP contribution in [0, 0.1) is 20.8 Å². The standard InChI is InChI=1S/C26H21NS2/c1-16-12-17(2)20-8-9-21(26(20)18(3)13-16)19-14-22(24-6-4-10-28-24)27-23(15-19)25-7-5-11-29-25/h4-15H,1-3H3. The van der Waals surface area contributed by atoms with E-state index in [-0.39, 0.29) is 0 Å². The predicted octanol–water partition coefficient (Wildman–Crippen LogP) is 8.24. The molecule has 29 heavy (non-hydrogen) atoms. The molecule has 0 aromatic carbocycles. The fourth-order valence-electron chi connectivity index (χ4n) is 4.13. The van der Waals surface area contributed by atoms with E-state index in [2.05, 4.69) is 92.2 Å². The summed E-state index contributed by atoms with van der Waals surface area (Å²) in [5.41, 5.74) is 11.2. The number of hydrogen-bond donors (Lipinski definition) is 0. The zero-order valence-corrected chi connectivity index (χ0v) is 18.3. The zero-order valence-electron chi connectivity index (χ0n) is 16.7. The van der Waals surface area contributed by atoms with Crippen LogP contribution in [0.25, 0.3) is 43.4 Å². The van der Waals surface area contributed by atoms with Crippen LogP contribution in [0.3, 0.4) is 0 Å². The van der Waals surface area contributed by atoms with Crippen molar-refractivity contribution in [1.29, 1.82) is 0 Å². The summed E-state index contributed by atoms with van der Waals surface area (Å²) in [5, 5.41) is 4.23. The Morgan fingerprint density at radius 2 is 1.24 bits per heavy atom. The molecule has 0 bridgehead atoms. The molecule has 5 rings (SSSR count). The topological polar surface area (TPSA) is 12.9 Å². The van der Waals surface area contributed by atoms with E-state index in [9.17, 15) is 0 Å². The highest BCUT2D eigenvalue weighted by atomic mass is 32.1. The van der Waals surface area contributed by atoms with Crippen LogP contribution in [-0.2, 0) is 0 Å². The van der Waals surface area contributed by atoms with E-state index in [0.717, 1.165) is 11.4 Å². The van der Waals surface area contributed by atoms with Crippen LogP contribution in [0.1, 0.15) is 16.7 Å². The zero-order chi connectivity index (χ0) is 20.0. The molecule has 1 nitrogen and oxygen atoms in total. The summed E-state index contributed by atoms with van der Waals surface area (Å²) in [6.07, 6.45) is 0. The van der Waals surface area contributed by atoms with E-state index in [0.29, 0.717) is 0 Å². The number of hydrogen-bond acceptors (Lipinski definition) is 3. The number of thiophene rings is 2. The lowest BCUT2D eigenvalue weighted by molar-refractivity contribution is 1.35. The largest absolute Gasteiger partial charge is 0.246 e. The minimum Gasteiger partial charge on any atom is -0.246 e. The van der Waals surface area contributed by atoms with Crippen molar-refractivity contribution < 1.29 is 0 Å². The Labute approximate surface area is 179 Å². The average molecular weight is 412 g/mol. The van der Waals surface area contributed by atoms with Crippen LogP contribution in [0.15, 0.2) is 71.4 Å². The molecule has 142 valence electrons. The van der Waals surface area contributed by atoms with Gasteiger partial charge in [-0.25, -0.2) is 4.98 Å². The molecule has 0 aliphatic heterocycles. The Balaban J connectivity index is 1.77. The lowest BCUT2D eigenvalue weighted by Crippen LogP contribution is -1.89. The van der Waals surface area contributed by atoms with E-state index in [1.807, 2.05) is 0 Å². The molecule has 2 aliphatic rings. The number of pyridine rings is 1. The summed E-state index contributed by atoms with van der Waals surface area (Å²) in [6, 6.07) is 22.1. The molecule has 3 aromatic rings. The van der Waals surface area contributed by atoms with Crippen LogP contribution >= 0.6 is 22.7 Å². The Kier molecular flexibility index (Phi) is 4.57. The Hall–Kier alpha value is -2.75. The third kappa shape index (κ3) is 3.31. The van der Waals surface area contributed by atoms with Crippen LogP contribution in [0.2, 0.25) is 0 Å². The van der Waals surface area contributed by atoms with E-state index in [1.165, 1.54) is 48.7 Å². The molecule has 0 amide bonds. The molecule has 0 radical (unpaired) electrons. The summed E-state index contributed by atoms with van der Waals surface area (Å²) < 4.78 is 0. The molecule has 2 aliphatic carbocycles. The molecule has 0 atom stereocenters. The summed E-state index contributed by atoms with van der Waals surface area (Å²) >= 11 is 3.48. The summed E-state index contributed by atoms with van der Waals surface area (Å²) in [4.78, 5) is 7.40. The van der Waals surface area contributed by atoms with Crippen molar-refractivity contribution in [3.05, 3.63) is 88.1 Å². The second kappa shape index (κ2) is 7.25. The third-order valence-electron chi connectivity index (χ3n) is 5.35. The Morgan fingerprint density at radius 3 is 1.83 bits per heavy atom. The van der Waals surface area contributed by atoms with Crippen LogP contribution in [0.4, 0.5) is 0 Å². The smallest absolute Gasteiger partial charge is 0.0815 e. The number of nitrogens with zero attached hydrogens (tertiary/aromatic N) is 1. The molecule has 0 unspecified atom stereocenters. The molecule has 3 aromatic heterocycles. The average Bonchev–Trinajstić information content (AvgIpc) is 3.48. The van der Waals surface area contributed by atoms with Crippen molar-refractivity contribution >= 4 is 22.7 Å². The maximum atomic E-state index is 5.00. The van der Waals surface area contributed by atoms with E-state index in [4.69, 9.17) is 4.98 Å². The summed E-state index contributed by atoms with van der Waals surface area (Å²) in [5.74, 6) is 0. The van der Waals surface area contributed by atoms with Crippen molar-refractivity contribution in [2.45, 2.75) is 20.8 Å². The van der Waals surface area contributed by atoms with Gasteiger partial charge in [-0.3, -0.25) is 0 Å². The number of aryl methyl sites for hydroxylation is 3. The molecule has 3 heteroatoms. The van der Waals surface area contributed by atoms with Crippen LogP contribution < -0.4 is 0 Å². The van der Waals surface area contributed by atoms with Crippen molar-refractivity contribution in [3.8, 4) is 43.4 Å². The highest BCUT2D eigenvalue weighted by molar-refractivity contribution is 7.13. The molecule has 0 spiro atoms. The monoisotopic (exact) mass is 411 g/mol. The van der Waals surface area contributed by atoms with Gasteiger partial charge >= 0.3 is 0 Å². The third-order valence-corrected chi connectivity index (χ3v) is 7.13. The molecule has 0 N–H and O–H groups in total. The highest BCUT2D eigenvalue weighted by Crippen LogP contribution is 2.42. The van der Waals surface area contributed by atoms with E-state index >= 15 is 0 Å². The van der Waals surface area contributed by atoms with Crippen molar-refractivity contribution in [2.24, 2.45) is 0 Å². The first-order chi connectivity index (χ1) is 14.1. The lowest BCUT2D eigenvalue weighted by atomic mass is 9.96. The van der Waals surface area contributed by atoms with Gasteiger partial charge in [-0.05, 0) is 89.2 Å². The maximum absolute atomic E-state index is 5.00. The normalized spacial score (nSPS) is 11.3. The van der Waals surface area contributed by atoms with Gasteiger partial charge < -0.3 is 0 Å². The van der Waals surface area contributed by atoms with Crippen molar-refractivity contribution in [1.82, 2.24) is 4.98 Å². The first kappa shape index (κ1) is 18.3. The lowest BCUT2D eigenvalue weighted by Gasteiger charge is -2.10. The van der Waals surface area contributed by atoms with Gasteiger partial charge in [0.25, 0.3) is 0 Å². The quantitative estimate of drug-likeness (QED) is 0.291. The van der Waals surface area contributed by atoms with Gasteiger partial charge in [0.05, 0.1) is 21.1 Å². The van der Waals surface area contributed by atoms with Crippen molar-refractivity contribution in [3.63, 3.8) is 0 Å². The van der Waals surface area contributed by atoms with Gasteiger partial charge in [0, 0.05) is 0 Å². The molecular weight excluding hydrogens is 390 g/mol. The van der Waals surface area contributed by atoms with Crippen molar-refractivity contribution in [2.75, 3.05) is 0 Å². The Morgan fingerprint density at radius 1 is 0.655 bits per heavy atom. The Bertz CT molecular complexity index is 1210. The van der Waals surface area contributed by atoms with E-state index in [1.54, 1.807) is 22.7 Å². The molecular formula is C26H21NS2. The first-order valence-electron chi connectivity index (χ1n) is 9.71. The summed E-state index contributed by atoms with van der Waals surface area (Å²) in [6.45, 7) is 6.61. The molecule has 0 saturated carbocycles. The SMILES string of the molecule is Cc1cc(C)c2ccc(-c3cc(-c4cccs4)nc(-c4cccs4)c3)c-2c(C)c1. The second-order valence-corrected chi connectivity index (χ2v) is 9.41. The molecule has 0 saturated heterocycles. The first-order valence-corrected chi connectivity index (χ1v) is 11.5. The minimum absolute atomic E-state index is 1.04. The van der Waals surface area contributed by atoms with Crippen LogP contribution in [-0.4, -0.2) is 4.98 Å². The molecule has 3 heterocycles. The predicted molar refractivity (Wildman–Crippen MR) is 127 cm³/mol. The minimum atomic E-state index is 1.04. The van der Waals surface area contributed by atoms with Gasteiger partial charge in [0.15, 0.2) is 0 Å². The van der Waals surface area contributed by atoms with Crippen LogP contribution in [0.5, 0.6) is 0 Å². The number of fused-ring (bicyclic) bond motifs is 1. The van der Waals surface area contributed by atoms with Gasteiger partial charge in [-0.2, -0.15) is 0 Å². The highest BCUT2D eigenvalue weighted by Gasteiger charge is 2.18. The van der Waals surface area contributed by atoms with Gasteiger partial charge in [-0.15, -0.1) is 22.7 Å². The number of aromatic nitrogens is 1. The maximum Gasteiger partial charge on any atom is 0.0815 e. The fourth-order valence-corrected chi connectivity index (χ4v) is 5.51. The second-order valence-electron chi connectivity index (χ2n) is 7.52. The van der Waals surface area contributed by atoms with E-state index < -0.39 is 0 Å². The molecule has 0 fully saturated rings.